The number of nitrogens with zero attached hydrogens (tertiary/aromatic N) is 1. The van der Waals surface area contributed by atoms with E-state index in [0.29, 0.717) is 51.9 Å². The van der Waals surface area contributed by atoms with Crippen molar-refractivity contribution in [3.05, 3.63) is 77.5 Å². The number of carbonyl (C=O) groups excluding carboxylic acids is 1. The van der Waals surface area contributed by atoms with Crippen LogP contribution in [0.1, 0.15) is 21.5 Å². The van der Waals surface area contributed by atoms with E-state index in [-0.39, 0.29) is 5.78 Å². The molecule has 0 unspecified atom stereocenters. The lowest BCUT2D eigenvalue weighted by Gasteiger charge is -2.14. The van der Waals surface area contributed by atoms with E-state index < -0.39 is 0 Å². The van der Waals surface area contributed by atoms with E-state index in [1.807, 2.05) is 41.9 Å². The van der Waals surface area contributed by atoms with Gasteiger partial charge in [-0.1, -0.05) is 30.3 Å². The predicted octanol–water partition coefficient (Wildman–Crippen LogP) is 5.02. The summed E-state index contributed by atoms with van der Waals surface area (Å²) in [5.74, 6) is 2.34. The quantitative estimate of drug-likeness (QED) is 0.326. The zero-order valence-corrected chi connectivity index (χ0v) is 19.9. The standard InChI is InChI=1S/C27H27NO6/c1-28-15-20(19-14-23(31-3)26(32-4)27(33-5)24(19)28)25(29)18-11-12-21(30-2)22(13-18)34-16-17-9-7-6-8-10-17/h6-15H,16H2,1-5H3. The first-order chi connectivity index (χ1) is 16.5. The van der Waals surface area contributed by atoms with E-state index in [1.54, 1.807) is 58.9 Å². The Hall–Kier alpha value is -4.13. The van der Waals surface area contributed by atoms with Crippen LogP contribution in [0.3, 0.4) is 0 Å². The SMILES string of the molecule is COc1ccc(C(=O)c2cn(C)c3c(OC)c(OC)c(OC)cc23)cc1OCc1ccccc1. The maximum absolute atomic E-state index is 13.6. The lowest BCUT2D eigenvalue weighted by atomic mass is 10.0. The van der Waals surface area contributed by atoms with Crippen molar-refractivity contribution < 1.29 is 28.5 Å². The van der Waals surface area contributed by atoms with Gasteiger partial charge in [0.05, 0.1) is 34.0 Å². The van der Waals surface area contributed by atoms with Gasteiger partial charge in [-0.15, -0.1) is 0 Å². The van der Waals surface area contributed by atoms with Crippen LogP contribution in [-0.2, 0) is 13.7 Å². The largest absolute Gasteiger partial charge is 0.493 e. The molecule has 0 aliphatic heterocycles. The van der Waals surface area contributed by atoms with Crippen molar-refractivity contribution in [3.8, 4) is 28.7 Å². The molecule has 0 spiro atoms. The van der Waals surface area contributed by atoms with Crippen LogP contribution in [0, 0.1) is 0 Å². The second-order valence-electron chi connectivity index (χ2n) is 7.66. The molecule has 176 valence electrons. The molecule has 7 heteroatoms. The van der Waals surface area contributed by atoms with Gasteiger partial charge in [-0.25, -0.2) is 0 Å². The van der Waals surface area contributed by atoms with Gasteiger partial charge < -0.3 is 28.3 Å². The Morgan fingerprint density at radius 2 is 1.50 bits per heavy atom. The minimum Gasteiger partial charge on any atom is -0.493 e. The third-order valence-electron chi connectivity index (χ3n) is 5.68. The fourth-order valence-corrected chi connectivity index (χ4v) is 4.03. The average molecular weight is 462 g/mol. The molecule has 34 heavy (non-hydrogen) atoms. The van der Waals surface area contributed by atoms with Crippen LogP contribution in [0.5, 0.6) is 28.7 Å². The molecule has 0 fully saturated rings. The fraction of sp³-hybridized carbons (Fsp3) is 0.222. The molecule has 0 aliphatic carbocycles. The van der Waals surface area contributed by atoms with E-state index in [0.717, 1.165) is 11.1 Å². The van der Waals surface area contributed by atoms with Crippen LogP contribution in [0.2, 0.25) is 0 Å². The van der Waals surface area contributed by atoms with Crippen molar-refractivity contribution in [2.24, 2.45) is 7.05 Å². The maximum Gasteiger partial charge on any atom is 0.205 e. The smallest absolute Gasteiger partial charge is 0.205 e. The Balaban J connectivity index is 1.76. The van der Waals surface area contributed by atoms with Crippen LogP contribution in [-0.4, -0.2) is 38.8 Å². The number of aromatic nitrogens is 1. The summed E-state index contributed by atoms with van der Waals surface area (Å²) in [5.41, 5.74) is 2.74. The molecule has 7 nitrogen and oxygen atoms in total. The van der Waals surface area contributed by atoms with Crippen LogP contribution in [0.25, 0.3) is 10.9 Å². The molecule has 0 N–H and O–H groups in total. The van der Waals surface area contributed by atoms with Crippen molar-refractivity contribution in [2.75, 3.05) is 28.4 Å². The highest BCUT2D eigenvalue weighted by Gasteiger charge is 2.24. The van der Waals surface area contributed by atoms with E-state index >= 15 is 0 Å². The van der Waals surface area contributed by atoms with Crippen LogP contribution >= 0.6 is 0 Å². The highest BCUT2D eigenvalue weighted by atomic mass is 16.5. The van der Waals surface area contributed by atoms with Crippen molar-refractivity contribution in [1.82, 2.24) is 4.57 Å². The summed E-state index contributed by atoms with van der Waals surface area (Å²) in [6.07, 6.45) is 1.78. The third-order valence-corrected chi connectivity index (χ3v) is 5.68. The molecule has 3 aromatic carbocycles. The number of ether oxygens (including phenoxy) is 5. The second-order valence-corrected chi connectivity index (χ2v) is 7.66. The Labute approximate surface area is 198 Å². The van der Waals surface area contributed by atoms with Crippen molar-refractivity contribution in [3.63, 3.8) is 0 Å². The van der Waals surface area contributed by atoms with E-state index in [9.17, 15) is 4.79 Å². The van der Waals surface area contributed by atoms with Gasteiger partial charge in [0.2, 0.25) is 5.75 Å². The van der Waals surface area contributed by atoms with Crippen LogP contribution in [0.4, 0.5) is 0 Å². The molecular weight excluding hydrogens is 434 g/mol. The molecule has 4 rings (SSSR count). The molecule has 0 saturated carbocycles. The number of methoxy groups -OCH3 is 4. The lowest BCUT2D eigenvalue weighted by molar-refractivity contribution is 0.103. The molecule has 0 bridgehead atoms. The summed E-state index contributed by atoms with van der Waals surface area (Å²) in [5, 5.41) is 0.699. The molecular formula is C27H27NO6. The number of rotatable bonds is 9. The topological polar surface area (TPSA) is 68.2 Å². The van der Waals surface area contributed by atoms with Gasteiger partial charge in [0, 0.05) is 29.8 Å². The summed E-state index contributed by atoms with van der Waals surface area (Å²) in [6.45, 7) is 0.358. The van der Waals surface area contributed by atoms with Gasteiger partial charge in [0.25, 0.3) is 0 Å². The average Bonchev–Trinajstić information content (AvgIpc) is 3.21. The minimum atomic E-state index is -0.160. The third kappa shape index (κ3) is 4.12. The van der Waals surface area contributed by atoms with Crippen molar-refractivity contribution >= 4 is 16.7 Å². The minimum absolute atomic E-state index is 0.160. The number of fused-ring (bicyclic) bond motifs is 1. The van der Waals surface area contributed by atoms with E-state index in [1.165, 1.54) is 0 Å². The number of benzene rings is 3. The van der Waals surface area contributed by atoms with Gasteiger partial charge in [0.15, 0.2) is 28.8 Å². The number of carbonyl (C=O) groups is 1. The summed E-state index contributed by atoms with van der Waals surface area (Å²) in [6, 6.07) is 16.8. The molecule has 0 amide bonds. The van der Waals surface area contributed by atoms with Crippen LogP contribution in [0.15, 0.2) is 60.8 Å². The summed E-state index contributed by atoms with van der Waals surface area (Å²) >= 11 is 0. The first-order valence-corrected chi connectivity index (χ1v) is 10.7. The summed E-state index contributed by atoms with van der Waals surface area (Å²) in [7, 11) is 8.09. The first-order valence-electron chi connectivity index (χ1n) is 10.7. The van der Waals surface area contributed by atoms with Crippen LogP contribution < -0.4 is 23.7 Å². The van der Waals surface area contributed by atoms with E-state index in [4.69, 9.17) is 23.7 Å². The highest BCUT2D eigenvalue weighted by Crippen LogP contribution is 2.45. The number of aryl methyl sites for hydroxylation is 1. The summed E-state index contributed by atoms with van der Waals surface area (Å²) < 4.78 is 29.9. The maximum atomic E-state index is 13.6. The zero-order valence-electron chi connectivity index (χ0n) is 19.9. The zero-order chi connectivity index (χ0) is 24.2. The fourth-order valence-electron chi connectivity index (χ4n) is 4.03. The Morgan fingerprint density at radius 3 is 2.15 bits per heavy atom. The Kier molecular flexibility index (Phi) is 6.63. The normalized spacial score (nSPS) is 10.7. The Morgan fingerprint density at radius 1 is 0.794 bits per heavy atom. The molecule has 1 aromatic heterocycles. The molecule has 0 atom stereocenters. The Bertz CT molecular complexity index is 1330. The number of hydrogen-bond acceptors (Lipinski definition) is 6. The van der Waals surface area contributed by atoms with Crippen molar-refractivity contribution in [2.45, 2.75) is 6.61 Å². The van der Waals surface area contributed by atoms with Gasteiger partial charge in [0.1, 0.15) is 6.61 Å². The number of hydrogen-bond donors (Lipinski definition) is 0. The molecule has 0 radical (unpaired) electrons. The molecule has 1 heterocycles. The second kappa shape index (κ2) is 9.79. The number of ketones is 1. The van der Waals surface area contributed by atoms with E-state index in [2.05, 4.69) is 0 Å². The van der Waals surface area contributed by atoms with Gasteiger partial charge >= 0.3 is 0 Å². The van der Waals surface area contributed by atoms with Gasteiger partial charge in [-0.2, -0.15) is 0 Å². The van der Waals surface area contributed by atoms with Crippen molar-refractivity contribution in [1.29, 1.82) is 0 Å². The highest BCUT2D eigenvalue weighted by molar-refractivity contribution is 6.17. The van der Waals surface area contributed by atoms with Gasteiger partial charge in [-0.3, -0.25) is 4.79 Å². The molecule has 0 saturated heterocycles. The first kappa shape index (κ1) is 23.0. The lowest BCUT2D eigenvalue weighted by Crippen LogP contribution is -2.04. The van der Waals surface area contributed by atoms with Gasteiger partial charge in [-0.05, 0) is 29.8 Å². The molecule has 0 aliphatic rings. The predicted molar refractivity (Wildman–Crippen MR) is 130 cm³/mol. The molecule has 4 aromatic rings. The summed E-state index contributed by atoms with van der Waals surface area (Å²) in [4.78, 5) is 13.6. The monoisotopic (exact) mass is 461 g/mol.